The van der Waals surface area contributed by atoms with Gasteiger partial charge in [0, 0.05) is 24.8 Å². The number of aryl methyl sites for hydroxylation is 1. The van der Waals surface area contributed by atoms with Crippen molar-refractivity contribution in [3.05, 3.63) is 72.1 Å². The molecule has 0 aliphatic carbocycles. The first kappa shape index (κ1) is 13.4. The zero-order chi connectivity index (χ0) is 14.7. The monoisotopic (exact) mass is 278 g/mol. The highest BCUT2D eigenvalue weighted by Crippen LogP contribution is 2.24. The van der Waals surface area contributed by atoms with E-state index in [-0.39, 0.29) is 0 Å². The molecule has 0 fully saturated rings. The first-order valence-corrected chi connectivity index (χ1v) is 7.00. The Hall–Kier alpha value is -2.55. The molecule has 1 heterocycles. The molecule has 0 radical (unpaired) electrons. The molecule has 3 rings (SSSR count). The smallest absolute Gasteiger partial charge is 0.226 e. The predicted octanol–water partition coefficient (Wildman–Crippen LogP) is 4.29. The van der Waals surface area contributed by atoms with Crippen molar-refractivity contribution < 1.29 is 4.42 Å². The van der Waals surface area contributed by atoms with Crippen LogP contribution in [0.25, 0.3) is 11.5 Å². The van der Waals surface area contributed by atoms with E-state index in [9.17, 15) is 0 Å². The van der Waals surface area contributed by atoms with E-state index in [1.807, 2.05) is 25.1 Å². The molecule has 3 aromatic rings. The Morgan fingerprint density at radius 1 is 1.05 bits per heavy atom. The van der Waals surface area contributed by atoms with Crippen molar-refractivity contribution in [2.24, 2.45) is 0 Å². The lowest BCUT2D eigenvalue weighted by molar-refractivity contribution is 0.542. The molecule has 3 nitrogen and oxygen atoms in total. The van der Waals surface area contributed by atoms with E-state index in [0.717, 1.165) is 23.6 Å². The topological polar surface area (TPSA) is 29.3 Å². The maximum Gasteiger partial charge on any atom is 0.226 e. The van der Waals surface area contributed by atoms with Gasteiger partial charge in [-0.1, -0.05) is 36.4 Å². The van der Waals surface area contributed by atoms with Gasteiger partial charge in [-0.2, -0.15) is 0 Å². The van der Waals surface area contributed by atoms with E-state index in [1.165, 1.54) is 5.56 Å². The second-order valence-electron chi connectivity index (χ2n) is 5.17. The van der Waals surface area contributed by atoms with Crippen LogP contribution in [0.2, 0.25) is 0 Å². The van der Waals surface area contributed by atoms with Gasteiger partial charge in [0.1, 0.15) is 5.76 Å². The SMILES string of the molecule is Cc1cnc(-c2cccc(N(C)Cc3ccccc3)c2)o1. The molecule has 1 aromatic heterocycles. The van der Waals surface area contributed by atoms with Crippen LogP contribution in [0.1, 0.15) is 11.3 Å². The standard InChI is InChI=1S/C18H18N2O/c1-14-12-19-18(21-14)16-9-6-10-17(11-16)20(2)13-15-7-4-3-5-8-15/h3-12H,13H2,1-2H3. The van der Waals surface area contributed by atoms with Gasteiger partial charge in [0.2, 0.25) is 5.89 Å². The minimum absolute atomic E-state index is 0.669. The van der Waals surface area contributed by atoms with Gasteiger partial charge in [-0.15, -0.1) is 0 Å². The summed E-state index contributed by atoms with van der Waals surface area (Å²) in [5, 5.41) is 0. The number of anilines is 1. The Morgan fingerprint density at radius 2 is 1.86 bits per heavy atom. The van der Waals surface area contributed by atoms with E-state index < -0.39 is 0 Å². The summed E-state index contributed by atoms with van der Waals surface area (Å²) in [6.07, 6.45) is 1.75. The quantitative estimate of drug-likeness (QED) is 0.713. The fourth-order valence-corrected chi connectivity index (χ4v) is 2.31. The van der Waals surface area contributed by atoms with Gasteiger partial charge in [-0.3, -0.25) is 0 Å². The number of aromatic nitrogens is 1. The van der Waals surface area contributed by atoms with Gasteiger partial charge in [0.05, 0.1) is 6.20 Å². The molecule has 0 bridgehead atoms. The number of benzene rings is 2. The Bertz CT molecular complexity index is 719. The highest BCUT2D eigenvalue weighted by molar-refractivity contribution is 5.62. The third kappa shape index (κ3) is 3.14. The average molecular weight is 278 g/mol. The van der Waals surface area contributed by atoms with E-state index >= 15 is 0 Å². The van der Waals surface area contributed by atoms with Gasteiger partial charge < -0.3 is 9.32 Å². The molecule has 106 valence electrons. The molecule has 3 heteroatoms. The number of nitrogens with zero attached hydrogens (tertiary/aromatic N) is 2. The van der Waals surface area contributed by atoms with Crippen LogP contribution in [0, 0.1) is 6.92 Å². The van der Waals surface area contributed by atoms with Gasteiger partial charge in [0.25, 0.3) is 0 Å². The Morgan fingerprint density at radius 3 is 2.57 bits per heavy atom. The minimum atomic E-state index is 0.669. The molecule has 2 aromatic carbocycles. The summed E-state index contributed by atoms with van der Waals surface area (Å²) >= 11 is 0. The summed E-state index contributed by atoms with van der Waals surface area (Å²) < 4.78 is 5.59. The Labute approximate surface area is 124 Å². The summed E-state index contributed by atoms with van der Waals surface area (Å²) in [5.74, 6) is 1.50. The first-order valence-electron chi connectivity index (χ1n) is 7.00. The Kier molecular flexibility index (Phi) is 3.73. The van der Waals surface area contributed by atoms with E-state index in [1.54, 1.807) is 6.20 Å². The van der Waals surface area contributed by atoms with Crippen molar-refractivity contribution in [1.29, 1.82) is 0 Å². The molecule has 0 unspecified atom stereocenters. The third-order valence-corrected chi connectivity index (χ3v) is 3.42. The molecule has 0 aliphatic rings. The van der Waals surface area contributed by atoms with Crippen molar-refractivity contribution >= 4 is 5.69 Å². The second-order valence-corrected chi connectivity index (χ2v) is 5.17. The lowest BCUT2D eigenvalue weighted by atomic mass is 10.1. The normalized spacial score (nSPS) is 10.6. The molecule has 0 atom stereocenters. The van der Waals surface area contributed by atoms with Crippen molar-refractivity contribution in [2.45, 2.75) is 13.5 Å². The fraction of sp³-hybridized carbons (Fsp3) is 0.167. The molecule has 0 amide bonds. The molecular formula is C18H18N2O. The minimum Gasteiger partial charge on any atom is -0.441 e. The second kappa shape index (κ2) is 5.83. The number of hydrogen-bond donors (Lipinski definition) is 0. The maximum absolute atomic E-state index is 5.59. The van der Waals surface area contributed by atoms with Crippen LogP contribution in [0.3, 0.4) is 0 Å². The van der Waals surface area contributed by atoms with E-state index in [4.69, 9.17) is 4.42 Å². The van der Waals surface area contributed by atoms with Crippen LogP contribution in [-0.2, 0) is 6.54 Å². The molecule has 21 heavy (non-hydrogen) atoms. The highest BCUT2D eigenvalue weighted by Gasteiger charge is 2.07. The molecular weight excluding hydrogens is 260 g/mol. The largest absolute Gasteiger partial charge is 0.441 e. The van der Waals surface area contributed by atoms with Crippen molar-refractivity contribution in [3.8, 4) is 11.5 Å². The van der Waals surface area contributed by atoms with Gasteiger partial charge in [0.15, 0.2) is 0 Å². The van der Waals surface area contributed by atoms with Crippen molar-refractivity contribution in [3.63, 3.8) is 0 Å². The van der Waals surface area contributed by atoms with Crippen LogP contribution in [0.15, 0.2) is 65.2 Å². The summed E-state index contributed by atoms with van der Waals surface area (Å²) in [5.41, 5.74) is 3.44. The molecule has 0 saturated heterocycles. The summed E-state index contributed by atoms with van der Waals surface area (Å²) in [7, 11) is 2.09. The summed E-state index contributed by atoms with van der Waals surface area (Å²) in [6, 6.07) is 18.7. The molecule has 0 aliphatic heterocycles. The van der Waals surface area contributed by atoms with Crippen LogP contribution >= 0.6 is 0 Å². The number of oxazole rings is 1. The number of hydrogen-bond acceptors (Lipinski definition) is 3. The summed E-state index contributed by atoms with van der Waals surface area (Å²) in [4.78, 5) is 6.50. The molecule has 0 saturated carbocycles. The van der Waals surface area contributed by atoms with E-state index in [2.05, 4.69) is 53.3 Å². The van der Waals surface area contributed by atoms with Gasteiger partial charge in [-0.05, 0) is 30.7 Å². The third-order valence-electron chi connectivity index (χ3n) is 3.42. The van der Waals surface area contributed by atoms with Crippen molar-refractivity contribution in [2.75, 3.05) is 11.9 Å². The average Bonchev–Trinajstić information content (AvgIpc) is 2.95. The van der Waals surface area contributed by atoms with Gasteiger partial charge >= 0.3 is 0 Å². The first-order chi connectivity index (χ1) is 10.2. The summed E-state index contributed by atoms with van der Waals surface area (Å²) in [6.45, 7) is 2.77. The maximum atomic E-state index is 5.59. The zero-order valence-corrected chi connectivity index (χ0v) is 12.3. The highest BCUT2D eigenvalue weighted by atomic mass is 16.4. The fourth-order valence-electron chi connectivity index (χ4n) is 2.31. The molecule has 0 N–H and O–H groups in total. The van der Waals surface area contributed by atoms with Gasteiger partial charge in [-0.25, -0.2) is 4.98 Å². The lowest BCUT2D eigenvalue weighted by Crippen LogP contribution is -2.16. The van der Waals surface area contributed by atoms with Crippen molar-refractivity contribution in [1.82, 2.24) is 4.98 Å². The molecule has 0 spiro atoms. The lowest BCUT2D eigenvalue weighted by Gasteiger charge is -2.19. The van der Waals surface area contributed by atoms with Crippen LogP contribution in [0.4, 0.5) is 5.69 Å². The predicted molar refractivity (Wildman–Crippen MR) is 85.2 cm³/mol. The van der Waals surface area contributed by atoms with E-state index in [0.29, 0.717) is 5.89 Å². The van der Waals surface area contributed by atoms with Crippen LogP contribution in [0.5, 0.6) is 0 Å². The van der Waals surface area contributed by atoms with Crippen LogP contribution in [-0.4, -0.2) is 12.0 Å². The van der Waals surface area contributed by atoms with Crippen LogP contribution < -0.4 is 4.90 Å². The Balaban J connectivity index is 1.82. The zero-order valence-electron chi connectivity index (χ0n) is 12.3. The number of rotatable bonds is 4.